The third-order valence-corrected chi connectivity index (χ3v) is 3.30. The Morgan fingerprint density at radius 3 is 2.53 bits per heavy atom. The monoisotopic (exact) mass is 264 g/mol. The van der Waals surface area contributed by atoms with Crippen LogP contribution in [0.15, 0.2) is 30.3 Å². The normalized spacial score (nSPS) is 26.3. The molecule has 0 N–H and O–H groups in total. The van der Waals surface area contributed by atoms with E-state index in [0.29, 0.717) is 13.2 Å². The van der Waals surface area contributed by atoms with Gasteiger partial charge >= 0.3 is 0 Å². The Bertz CT molecular complexity index is 375. The minimum Gasteiger partial charge on any atom is -0.374 e. The Balaban J connectivity index is 1.79. The first-order chi connectivity index (χ1) is 9.09. The molecular formula is C16H24O3. The molecule has 3 nitrogen and oxygen atoms in total. The Morgan fingerprint density at radius 2 is 1.84 bits per heavy atom. The summed E-state index contributed by atoms with van der Waals surface area (Å²) < 4.78 is 17.5. The fourth-order valence-electron chi connectivity index (χ4n) is 2.45. The zero-order valence-corrected chi connectivity index (χ0v) is 12.1. The average molecular weight is 264 g/mol. The molecule has 0 radical (unpaired) electrons. The lowest BCUT2D eigenvalue weighted by Gasteiger charge is -2.40. The van der Waals surface area contributed by atoms with Crippen LogP contribution >= 0.6 is 0 Å². The molecule has 1 aromatic rings. The predicted octanol–water partition coefficient (Wildman–Crippen LogP) is 3.52. The molecule has 0 amide bonds. The number of benzene rings is 1. The zero-order valence-electron chi connectivity index (χ0n) is 12.1. The second-order valence-electron chi connectivity index (χ2n) is 5.52. The third-order valence-electron chi connectivity index (χ3n) is 3.30. The predicted molar refractivity (Wildman–Crippen MR) is 74.8 cm³/mol. The Labute approximate surface area is 115 Å². The number of hydrogen-bond donors (Lipinski definition) is 0. The number of ether oxygens (including phenoxy) is 3. The van der Waals surface area contributed by atoms with Gasteiger partial charge in [-0.05, 0) is 25.8 Å². The van der Waals surface area contributed by atoms with Crippen molar-refractivity contribution in [2.24, 2.45) is 0 Å². The van der Waals surface area contributed by atoms with Crippen molar-refractivity contribution in [3.05, 3.63) is 35.9 Å². The minimum atomic E-state index is -0.500. The summed E-state index contributed by atoms with van der Waals surface area (Å²) >= 11 is 0. The Kier molecular flexibility index (Phi) is 4.97. The summed E-state index contributed by atoms with van der Waals surface area (Å²) in [5, 5.41) is 0. The van der Waals surface area contributed by atoms with Crippen LogP contribution in [0.1, 0.15) is 39.2 Å². The molecule has 1 aliphatic heterocycles. The highest BCUT2D eigenvalue weighted by Gasteiger charge is 2.34. The molecule has 0 bridgehead atoms. The van der Waals surface area contributed by atoms with Crippen LogP contribution in [0.5, 0.6) is 0 Å². The van der Waals surface area contributed by atoms with Gasteiger partial charge < -0.3 is 14.2 Å². The van der Waals surface area contributed by atoms with E-state index in [1.54, 1.807) is 0 Å². The first-order valence-corrected chi connectivity index (χ1v) is 7.06. The van der Waals surface area contributed by atoms with Gasteiger partial charge in [0.1, 0.15) is 0 Å². The highest BCUT2D eigenvalue weighted by atomic mass is 16.7. The second kappa shape index (κ2) is 6.51. The Morgan fingerprint density at radius 1 is 1.16 bits per heavy atom. The molecule has 0 aromatic heterocycles. The van der Waals surface area contributed by atoms with Crippen molar-refractivity contribution in [3.63, 3.8) is 0 Å². The highest BCUT2D eigenvalue weighted by Crippen LogP contribution is 2.28. The van der Waals surface area contributed by atoms with Gasteiger partial charge in [-0.3, -0.25) is 0 Å². The molecular weight excluding hydrogens is 240 g/mol. The van der Waals surface area contributed by atoms with Gasteiger partial charge in [-0.2, -0.15) is 0 Å². The topological polar surface area (TPSA) is 27.7 Å². The fourth-order valence-corrected chi connectivity index (χ4v) is 2.45. The van der Waals surface area contributed by atoms with E-state index in [1.807, 2.05) is 32.0 Å². The van der Waals surface area contributed by atoms with Gasteiger partial charge in [0, 0.05) is 6.42 Å². The maximum atomic E-state index is 5.90. The van der Waals surface area contributed by atoms with Gasteiger partial charge in [0.25, 0.3) is 0 Å². The van der Waals surface area contributed by atoms with E-state index in [0.717, 1.165) is 12.8 Å². The lowest BCUT2D eigenvalue weighted by molar-refractivity contribution is -0.306. The smallest absolute Gasteiger partial charge is 0.163 e. The number of rotatable bonds is 5. The fraction of sp³-hybridized carbons (Fsp3) is 0.625. The van der Waals surface area contributed by atoms with Crippen molar-refractivity contribution in [1.82, 2.24) is 0 Å². The lowest BCUT2D eigenvalue weighted by atomic mass is 10.1. The van der Waals surface area contributed by atoms with Crippen molar-refractivity contribution in [1.29, 1.82) is 0 Å². The van der Waals surface area contributed by atoms with E-state index in [-0.39, 0.29) is 12.2 Å². The van der Waals surface area contributed by atoms with Crippen molar-refractivity contribution < 1.29 is 14.2 Å². The Hall–Kier alpha value is -0.900. The van der Waals surface area contributed by atoms with Crippen LogP contribution < -0.4 is 0 Å². The van der Waals surface area contributed by atoms with Crippen molar-refractivity contribution in [3.8, 4) is 0 Å². The van der Waals surface area contributed by atoms with E-state index >= 15 is 0 Å². The molecule has 106 valence electrons. The standard InChI is InChI=1S/C16H24O3/c1-4-14-10-15(19-16(2,3)18-14)12-17-11-13-8-6-5-7-9-13/h5-9,14-15H,4,10-12H2,1-3H3/t14-,15?/m0/s1. The van der Waals surface area contributed by atoms with E-state index in [4.69, 9.17) is 14.2 Å². The van der Waals surface area contributed by atoms with Gasteiger partial charge in [0.2, 0.25) is 0 Å². The van der Waals surface area contributed by atoms with Gasteiger partial charge in [-0.1, -0.05) is 37.3 Å². The second-order valence-corrected chi connectivity index (χ2v) is 5.52. The van der Waals surface area contributed by atoms with E-state index in [9.17, 15) is 0 Å². The van der Waals surface area contributed by atoms with Gasteiger partial charge in [0.15, 0.2) is 5.79 Å². The molecule has 1 aliphatic rings. The SMILES string of the molecule is CC[C@H]1CC(COCc2ccccc2)OC(C)(C)O1. The van der Waals surface area contributed by atoms with E-state index < -0.39 is 5.79 Å². The summed E-state index contributed by atoms with van der Waals surface area (Å²) in [4.78, 5) is 0. The molecule has 0 aliphatic carbocycles. The highest BCUT2D eigenvalue weighted by molar-refractivity contribution is 5.13. The molecule has 3 heteroatoms. The van der Waals surface area contributed by atoms with Crippen LogP contribution in [-0.2, 0) is 20.8 Å². The summed E-state index contributed by atoms with van der Waals surface area (Å²) in [6, 6.07) is 10.2. The molecule has 1 unspecified atom stereocenters. The van der Waals surface area contributed by atoms with Crippen LogP contribution in [0.2, 0.25) is 0 Å². The van der Waals surface area contributed by atoms with E-state index in [2.05, 4.69) is 19.1 Å². The summed E-state index contributed by atoms with van der Waals surface area (Å²) in [5.41, 5.74) is 1.20. The molecule has 0 saturated carbocycles. The molecule has 2 atom stereocenters. The van der Waals surface area contributed by atoms with Crippen LogP contribution in [0, 0.1) is 0 Å². The molecule has 1 saturated heterocycles. The maximum Gasteiger partial charge on any atom is 0.163 e. The first kappa shape index (κ1) is 14.5. The molecule has 0 spiro atoms. The molecule has 1 aromatic carbocycles. The summed E-state index contributed by atoms with van der Waals surface area (Å²) in [6.45, 7) is 7.35. The maximum absolute atomic E-state index is 5.90. The summed E-state index contributed by atoms with van der Waals surface area (Å²) in [5.74, 6) is -0.500. The van der Waals surface area contributed by atoms with Crippen LogP contribution in [-0.4, -0.2) is 24.6 Å². The first-order valence-electron chi connectivity index (χ1n) is 7.06. The zero-order chi connectivity index (χ0) is 13.7. The lowest BCUT2D eigenvalue weighted by Crippen LogP contribution is -2.46. The average Bonchev–Trinajstić information content (AvgIpc) is 2.38. The third kappa shape index (κ3) is 4.60. The van der Waals surface area contributed by atoms with E-state index in [1.165, 1.54) is 5.56 Å². The van der Waals surface area contributed by atoms with Crippen molar-refractivity contribution in [2.75, 3.05) is 6.61 Å². The van der Waals surface area contributed by atoms with Crippen molar-refractivity contribution in [2.45, 2.75) is 58.2 Å². The van der Waals surface area contributed by atoms with Crippen LogP contribution in [0.3, 0.4) is 0 Å². The molecule has 19 heavy (non-hydrogen) atoms. The largest absolute Gasteiger partial charge is 0.374 e. The quantitative estimate of drug-likeness (QED) is 0.814. The van der Waals surface area contributed by atoms with Gasteiger partial charge in [0.05, 0.1) is 25.4 Å². The molecule has 2 rings (SSSR count). The minimum absolute atomic E-state index is 0.123. The van der Waals surface area contributed by atoms with Crippen LogP contribution in [0.4, 0.5) is 0 Å². The molecule has 1 fully saturated rings. The summed E-state index contributed by atoms with van der Waals surface area (Å²) in [7, 11) is 0. The summed E-state index contributed by atoms with van der Waals surface area (Å²) in [6.07, 6.45) is 2.32. The molecule has 1 heterocycles. The van der Waals surface area contributed by atoms with Gasteiger partial charge in [-0.25, -0.2) is 0 Å². The van der Waals surface area contributed by atoms with Crippen molar-refractivity contribution >= 4 is 0 Å². The van der Waals surface area contributed by atoms with Crippen LogP contribution in [0.25, 0.3) is 0 Å². The van der Waals surface area contributed by atoms with Gasteiger partial charge in [-0.15, -0.1) is 0 Å². The number of hydrogen-bond acceptors (Lipinski definition) is 3.